The molecule has 33 heavy (non-hydrogen) atoms. The zero-order chi connectivity index (χ0) is 23.4. The lowest BCUT2D eigenvalue weighted by Gasteiger charge is -2.11. The maximum atomic E-state index is 12.8. The highest BCUT2D eigenvalue weighted by Gasteiger charge is 2.13. The van der Waals surface area contributed by atoms with E-state index in [4.69, 9.17) is 9.47 Å². The predicted octanol–water partition coefficient (Wildman–Crippen LogP) is 6.57. The average molecular weight is 437 g/mol. The first-order chi connectivity index (χ1) is 15.9. The molecule has 0 heterocycles. The number of methoxy groups -OCH3 is 1. The second kappa shape index (κ2) is 9.53. The summed E-state index contributed by atoms with van der Waals surface area (Å²) in [5, 5.41) is 0. The molecule has 0 aliphatic heterocycles. The molecule has 0 fully saturated rings. The van der Waals surface area contributed by atoms with Crippen molar-refractivity contribution in [2.24, 2.45) is 0 Å². The molecule has 164 valence electrons. The van der Waals surface area contributed by atoms with Gasteiger partial charge in [0.15, 0.2) is 11.6 Å². The van der Waals surface area contributed by atoms with Gasteiger partial charge in [-0.1, -0.05) is 29.8 Å². The van der Waals surface area contributed by atoms with Gasteiger partial charge in [0.05, 0.1) is 7.11 Å². The molecular weight excluding hydrogens is 412 g/mol. The van der Waals surface area contributed by atoms with E-state index < -0.39 is 0 Å². The molecule has 0 radical (unpaired) electrons. The van der Waals surface area contributed by atoms with Crippen LogP contribution in [0.25, 0.3) is 0 Å². The topological polar surface area (TPSA) is 52.6 Å². The van der Waals surface area contributed by atoms with Gasteiger partial charge in [0.2, 0.25) is 0 Å². The van der Waals surface area contributed by atoms with Crippen LogP contribution in [0, 0.1) is 13.8 Å². The fourth-order valence-electron chi connectivity index (χ4n) is 3.49. The monoisotopic (exact) mass is 436 g/mol. The summed E-state index contributed by atoms with van der Waals surface area (Å²) in [7, 11) is 1.59. The third kappa shape index (κ3) is 5.01. The molecule has 0 aromatic heterocycles. The number of hydrogen-bond acceptors (Lipinski definition) is 4. The second-order valence-corrected chi connectivity index (χ2v) is 7.86. The van der Waals surface area contributed by atoms with Gasteiger partial charge in [-0.3, -0.25) is 9.59 Å². The van der Waals surface area contributed by atoms with Gasteiger partial charge in [0.1, 0.15) is 17.2 Å². The predicted molar refractivity (Wildman–Crippen MR) is 129 cm³/mol. The van der Waals surface area contributed by atoms with E-state index in [0.29, 0.717) is 39.5 Å². The molecule has 4 rings (SSSR count). The molecular formula is C29H24O4. The molecule has 0 N–H and O–H groups in total. The first-order valence-corrected chi connectivity index (χ1v) is 10.6. The normalized spacial score (nSPS) is 10.5. The fraction of sp³-hybridized carbons (Fsp3) is 0.103. The van der Waals surface area contributed by atoms with Gasteiger partial charge >= 0.3 is 0 Å². The molecule has 0 spiro atoms. The number of ether oxygens (including phenoxy) is 2. The van der Waals surface area contributed by atoms with E-state index in [2.05, 4.69) is 0 Å². The van der Waals surface area contributed by atoms with Crippen LogP contribution >= 0.6 is 0 Å². The van der Waals surface area contributed by atoms with Gasteiger partial charge in [-0.2, -0.15) is 0 Å². The highest BCUT2D eigenvalue weighted by atomic mass is 16.5. The number of hydrogen-bond donors (Lipinski definition) is 0. The Morgan fingerprint density at radius 1 is 0.576 bits per heavy atom. The maximum absolute atomic E-state index is 12.8. The van der Waals surface area contributed by atoms with Crippen LogP contribution < -0.4 is 9.47 Å². The van der Waals surface area contributed by atoms with Gasteiger partial charge in [-0.05, 0) is 86.1 Å². The van der Waals surface area contributed by atoms with E-state index in [1.165, 1.54) is 0 Å². The molecule has 0 aliphatic rings. The quantitative estimate of drug-likeness (QED) is 0.308. The summed E-state index contributed by atoms with van der Waals surface area (Å²) in [6.07, 6.45) is 0. The Kier molecular flexibility index (Phi) is 6.36. The van der Waals surface area contributed by atoms with Crippen LogP contribution in [0.2, 0.25) is 0 Å². The smallest absolute Gasteiger partial charge is 0.193 e. The van der Waals surface area contributed by atoms with Crippen LogP contribution in [0.3, 0.4) is 0 Å². The van der Waals surface area contributed by atoms with Crippen molar-refractivity contribution in [1.29, 1.82) is 0 Å². The number of rotatable bonds is 7. The van der Waals surface area contributed by atoms with Crippen LogP contribution in [-0.2, 0) is 0 Å². The summed E-state index contributed by atoms with van der Waals surface area (Å²) in [5.41, 5.74) is 4.39. The van der Waals surface area contributed by atoms with Crippen molar-refractivity contribution < 1.29 is 19.1 Å². The lowest BCUT2D eigenvalue weighted by atomic mass is 10.0. The highest BCUT2D eigenvalue weighted by molar-refractivity contribution is 6.09. The van der Waals surface area contributed by atoms with E-state index in [9.17, 15) is 9.59 Å². The largest absolute Gasteiger partial charge is 0.497 e. The summed E-state index contributed by atoms with van der Waals surface area (Å²) < 4.78 is 11.1. The third-order valence-electron chi connectivity index (χ3n) is 5.45. The minimum atomic E-state index is -0.0636. The van der Waals surface area contributed by atoms with Crippen molar-refractivity contribution in [1.82, 2.24) is 0 Å². The van der Waals surface area contributed by atoms with Gasteiger partial charge in [0, 0.05) is 22.3 Å². The number of carbonyl (C=O) groups is 2. The Morgan fingerprint density at radius 3 is 1.55 bits per heavy atom. The Morgan fingerprint density at radius 2 is 1.03 bits per heavy atom. The average Bonchev–Trinajstić information content (AvgIpc) is 2.85. The number of ketones is 2. The van der Waals surface area contributed by atoms with Crippen LogP contribution in [0.1, 0.15) is 43.0 Å². The van der Waals surface area contributed by atoms with Crippen LogP contribution in [0.5, 0.6) is 17.2 Å². The van der Waals surface area contributed by atoms with Crippen molar-refractivity contribution >= 4 is 11.6 Å². The molecule has 4 aromatic carbocycles. The number of carbonyl (C=O) groups excluding carboxylic acids is 2. The number of aryl methyl sites for hydroxylation is 2. The molecule has 0 aliphatic carbocycles. The summed E-state index contributed by atoms with van der Waals surface area (Å²) in [6.45, 7) is 3.89. The lowest BCUT2D eigenvalue weighted by Crippen LogP contribution is -2.02. The van der Waals surface area contributed by atoms with E-state index in [1.807, 2.05) is 44.2 Å². The standard InChI is InChI=1S/C29H24O4/c1-19-4-6-21(7-5-19)28(30)22-10-15-26(16-11-22)33-27-17-12-24(18-20(27)2)29(31)23-8-13-25(32-3)14-9-23/h4-18H,1-3H3. The highest BCUT2D eigenvalue weighted by Crippen LogP contribution is 2.27. The molecule has 0 unspecified atom stereocenters. The first-order valence-electron chi connectivity index (χ1n) is 10.6. The first kappa shape index (κ1) is 22.0. The van der Waals surface area contributed by atoms with Crippen LogP contribution in [0.15, 0.2) is 91.0 Å². The molecule has 0 saturated carbocycles. The van der Waals surface area contributed by atoms with E-state index in [-0.39, 0.29) is 11.6 Å². The van der Waals surface area contributed by atoms with E-state index in [0.717, 1.165) is 11.1 Å². The maximum Gasteiger partial charge on any atom is 0.193 e. The third-order valence-corrected chi connectivity index (χ3v) is 5.45. The Hall–Kier alpha value is -4.18. The molecule has 4 nitrogen and oxygen atoms in total. The van der Waals surface area contributed by atoms with Gasteiger partial charge in [-0.25, -0.2) is 0 Å². The minimum absolute atomic E-state index is 0.0286. The SMILES string of the molecule is COc1ccc(C(=O)c2ccc(Oc3ccc(C(=O)c4ccc(C)cc4)cc3)c(C)c2)cc1. The summed E-state index contributed by atoms with van der Waals surface area (Å²) in [5.74, 6) is 1.88. The van der Waals surface area contributed by atoms with Gasteiger partial charge in [0.25, 0.3) is 0 Å². The molecule has 0 bridgehead atoms. The van der Waals surface area contributed by atoms with Crippen LogP contribution in [0.4, 0.5) is 0 Å². The Labute approximate surface area is 193 Å². The van der Waals surface area contributed by atoms with Crippen LogP contribution in [-0.4, -0.2) is 18.7 Å². The Bertz CT molecular complexity index is 1290. The molecule has 4 aromatic rings. The fourth-order valence-corrected chi connectivity index (χ4v) is 3.49. The summed E-state index contributed by atoms with van der Waals surface area (Å²) in [4.78, 5) is 25.4. The van der Waals surface area contributed by atoms with Crippen molar-refractivity contribution in [2.45, 2.75) is 13.8 Å². The molecule has 0 amide bonds. The summed E-state index contributed by atoms with van der Waals surface area (Å²) >= 11 is 0. The van der Waals surface area contributed by atoms with Crippen molar-refractivity contribution in [3.05, 3.63) is 124 Å². The van der Waals surface area contributed by atoms with Gasteiger partial charge < -0.3 is 9.47 Å². The van der Waals surface area contributed by atoms with Crippen molar-refractivity contribution in [3.63, 3.8) is 0 Å². The van der Waals surface area contributed by atoms with E-state index >= 15 is 0 Å². The summed E-state index contributed by atoms with van der Waals surface area (Å²) in [6, 6.07) is 27.0. The minimum Gasteiger partial charge on any atom is -0.497 e. The molecule has 4 heteroatoms. The molecule has 0 saturated heterocycles. The lowest BCUT2D eigenvalue weighted by molar-refractivity contribution is 0.103. The van der Waals surface area contributed by atoms with Gasteiger partial charge in [-0.15, -0.1) is 0 Å². The number of benzene rings is 4. The second-order valence-electron chi connectivity index (χ2n) is 7.86. The molecule has 0 atom stereocenters. The zero-order valence-corrected chi connectivity index (χ0v) is 18.8. The van der Waals surface area contributed by atoms with Crippen molar-refractivity contribution in [3.8, 4) is 17.2 Å². The van der Waals surface area contributed by atoms with E-state index in [1.54, 1.807) is 67.8 Å². The Balaban J connectivity index is 1.47. The zero-order valence-electron chi connectivity index (χ0n) is 18.8. The van der Waals surface area contributed by atoms with Crippen molar-refractivity contribution in [2.75, 3.05) is 7.11 Å².